The molecule has 4 heteroatoms. The summed E-state index contributed by atoms with van der Waals surface area (Å²) >= 11 is 0. The fourth-order valence-electron chi connectivity index (χ4n) is 0.526. The summed E-state index contributed by atoms with van der Waals surface area (Å²) < 4.78 is 0. The summed E-state index contributed by atoms with van der Waals surface area (Å²) in [5, 5.41) is 15.7. The first-order chi connectivity index (χ1) is 5.18. The molecule has 0 aliphatic rings. The zero-order valence-corrected chi connectivity index (χ0v) is 7.84. The van der Waals surface area contributed by atoms with E-state index in [4.69, 9.17) is 10.2 Å². The summed E-state index contributed by atoms with van der Waals surface area (Å²) in [5.74, 6) is -0.682. The van der Waals surface area contributed by atoms with Crippen LogP contribution in [0.3, 0.4) is 0 Å². The second-order valence-corrected chi connectivity index (χ2v) is 2.17. The van der Waals surface area contributed by atoms with Crippen LogP contribution in [0.25, 0.3) is 0 Å². The Morgan fingerprint density at radius 2 is 1.67 bits per heavy atom. The van der Waals surface area contributed by atoms with Crippen LogP contribution < -0.4 is 0 Å². The van der Waals surface area contributed by atoms with Crippen molar-refractivity contribution in [2.45, 2.75) is 39.5 Å². The second-order valence-electron chi connectivity index (χ2n) is 2.17. The summed E-state index contributed by atoms with van der Waals surface area (Å²) in [5.41, 5.74) is 0. The number of hydrogen-bond acceptors (Lipinski definition) is 2. The average Bonchev–Trinajstić information content (AvgIpc) is 1.89. The molecule has 0 aliphatic carbocycles. The molecule has 0 unspecified atom stereocenters. The highest BCUT2D eigenvalue weighted by molar-refractivity contribution is 5.66. The molecular formula is C8H20O4. The van der Waals surface area contributed by atoms with Crippen molar-refractivity contribution in [2.24, 2.45) is 0 Å². The van der Waals surface area contributed by atoms with Gasteiger partial charge in [0.1, 0.15) is 0 Å². The molecule has 12 heavy (non-hydrogen) atoms. The quantitative estimate of drug-likeness (QED) is 0.628. The number of aliphatic hydroxyl groups excluding tert-OH is 1. The molecular weight excluding hydrogens is 160 g/mol. The standard InChI is InChI=1S/C6H12O2.C2H6O.H2O/c1-2-3-4-5-6(7)8;1-2-3;/h2-5H2,1H3,(H,7,8);3H,2H2,1H3;1H2. The summed E-state index contributed by atoms with van der Waals surface area (Å²) in [4.78, 5) is 9.87. The number of aliphatic carboxylic acids is 1. The molecule has 0 saturated heterocycles. The third kappa shape index (κ3) is 34.3. The van der Waals surface area contributed by atoms with Crippen LogP contribution in [0.15, 0.2) is 0 Å². The first-order valence-electron chi connectivity index (χ1n) is 4.01. The minimum absolute atomic E-state index is 0. The maximum Gasteiger partial charge on any atom is 0.303 e. The van der Waals surface area contributed by atoms with E-state index in [9.17, 15) is 4.79 Å². The van der Waals surface area contributed by atoms with E-state index in [0.717, 1.165) is 19.3 Å². The molecule has 0 atom stereocenters. The highest BCUT2D eigenvalue weighted by atomic mass is 16.4. The van der Waals surface area contributed by atoms with Gasteiger partial charge in [0.2, 0.25) is 0 Å². The Balaban J connectivity index is -0.000000177. The van der Waals surface area contributed by atoms with Gasteiger partial charge < -0.3 is 15.7 Å². The van der Waals surface area contributed by atoms with Gasteiger partial charge >= 0.3 is 5.97 Å². The number of carboxylic acids is 1. The maximum absolute atomic E-state index is 9.87. The Morgan fingerprint density at radius 3 is 1.92 bits per heavy atom. The SMILES string of the molecule is CCCCCC(=O)O.CCO.O. The number of aliphatic hydroxyl groups is 1. The molecule has 76 valence electrons. The van der Waals surface area contributed by atoms with Gasteiger partial charge in [-0.05, 0) is 13.3 Å². The topological polar surface area (TPSA) is 89.0 Å². The Kier molecular flexibility index (Phi) is 24.4. The van der Waals surface area contributed by atoms with Gasteiger partial charge in [0.15, 0.2) is 0 Å². The first-order valence-corrected chi connectivity index (χ1v) is 4.01. The van der Waals surface area contributed by atoms with Crippen LogP contribution in [0.2, 0.25) is 0 Å². The minimum Gasteiger partial charge on any atom is -0.481 e. The maximum atomic E-state index is 9.87. The number of rotatable bonds is 4. The lowest BCUT2D eigenvalue weighted by Gasteiger charge is -1.89. The minimum atomic E-state index is -0.682. The van der Waals surface area contributed by atoms with Crippen molar-refractivity contribution in [1.82, 2.24) is 0 Å². The van der Waals surface area contributed by atoms with E-state index in [1.54, 1.807) is 6.92 Å². The molecule has 0 heterocycles. The van der Waals surface area contributed by atoms with Crippen LogP contribution in [-0.2, 0) is 4.79 Å². The predicted octanol–water partition coefficient (Wildman–Crippen LogP) is 0.825. The van der Waals surface area contributed by atoms with Gasteiger partial charge in [-0.1, -0.05) is 19.8 Å². The third-order valence-electron chi connectivity index (χ3n) is 0.994. The largest absolute Gasteiger partial charge is 0.481 e. The van der Waals surface area contributed by atoms with Gasteiger partial charge in [-0.15, -0.1) is 0 Å². The normalized spacial score (nSPS) is 7.58. The molecule has 4 N–H and O–H groups in total. The molecule has 0 aromatic rings. The van der Waals surface area contributed by atoms with Crippen molar-refractivity contribution < 1.29 is 20.5 Å². The number of hydrogen-bond donors (Lipinski definition) is 2. The molecule has 0 amide bonds. The van der Waals surface area contributed by atoms with E-state index >= 15 is 0 Å². The Labute approximate surface area is 73.5 Å². The van der Waals surface area contributed by atoms with Gasteiger partial charge in [-0.2, -0.15) is 0 Å². The number of unbranched alkanes of at least 4 members (excludes halogenated alkanes) is 2. The Morgan fingerprint density at radius 1 is 1.25 bits per heavy atom. The molecule has 0 bridgehead atoms. The van der Waals surface area contributed by atoms with E-state index in [0.29, 0.717) is 6.42 Å². The highest BCUT2D eigenvalue weighted by Crippen LogP contribution is 1.97. The first kappa shape index (κ1) is 17.5. The van der Waals surface area contributed by atoms with Crippen molar-refractivity contribution in [3.8, 4) is 0 Å². The van der Waals surface area contributed by atoms with Crippen molar-refractivity contribution in [1.29, 1.82) is 0 Å². The third-order valence-corrected chi connectivity index (χ3v) is 0.994. The van der Waals surface area contributed by atoms with Crippen LogP contribution in [-0.4, -0.2) is 28.3 Å². The van der Waals surface area contributed by atoms with Gasteiger partial charge in [0.25, 0.3) is 0 Å². The number of carboxylic acid groups (broad SMARTS) is 1. The van der Waals surface area contributed by atoms with Crippen molar-refractivity contribution in [3.63, 3.8) is 0 Å². The van der Waals surface area contributed by atoms with E-state index in [2.05, 4.69) is 6.92 Å². The van der Waals surface area contributed by atoms with Gasteiger partial charge in [0, 0.05) is 13.0 Å². The molecule has 0 rings (SSSR count). The van der Waals surface area contributed by atoms with Crippen molar-refractivity contribution in [2.75, 3.05) is 6.61 Å². The van der Waals surface area contributed by atoms with E-state index in [1.807, 2.05) is 0 Å². The monoisotopic (exact) mass is 180 g/mol. The summed E-state index contributed by atoms with van der Waals surface area (Å²) in [6.07, 6.45) is 3.28. The summed E-state index contributed by atoms with van der Waals surface area (Å²) in [6.45, 7) is 3.99. The van der Waals surface area contributed by atoms with Crippen LogP contribution >= 0.6 is 0 Å². The highest BCUT2D eigenvalue weighted by Gasteiger charge is 1.92. The molecule has 0 aromatic heterocycles. The van der Waals surface area contributed by atoms with Crippen LogP contribution in [0.5, 0.6) is 0 Å². The van der Waals surface area contributed by atoms with E-state index in [-0.39, 0.29) is 12.1 Å². The molecule has 0 radical (unpaired) electrons. The molecule has 0 fully saturated rings. The van der Waals surface area contributed by atoms with Gasteiger partial charge in [-0.3, -0.25) is 4.79 Å². The van der Waals surface area contributed by atoms with E-state index in [1.165, 1.54) is 0 Å². The van der Waals surface area contributed by atoms with Gasteiger partial charge in [0.05, 0.1) is 0 Å². The van der Waals surface area contributed by atoms with Crippen LogP contribution in [0.1, 0.15) is 39.5 Å². The Bertz CT molecular complexity index is 83.1. The predicted molar refractivity (Wildman–Crippen MR) is 48.2 cm³/mol. The smallest absolute Gasteiger partial charge is 0.303 e. The van der Waals surface area contributed by atoms with Crippen LogP contribution in [0.4, 0.5) is 0 Å². The summed E-state index contributed by atoms with van der Waals surface area (Å²) in [7, 11) is 0. The number of carbonyl (C=O) groups is 1. The fourth-order valence-corrected chi connectivity index (χ4v) is 0.526. The van der Waals surface area contributed by atoms with Crippen molar-refractivity contribution in [3.05, 3.63) is 0 Å². The van der Waals surface area contributed by atoms with Crippen molar-refractivity contribution >= 4 is 5.97 Å². The second kappa shape index (κ2) is 16.8. The fraction of sp³-hybridized carbons (Fsp3) is 0.875. The lowest BCUT2D eigenvalue weighted by Crippen LogP contribution is -1.92. The zero-order valence-electron chi connectivity index (χ0n) is 7.84. The summed E-state index contributed by atoms with van der Waals surface area (Å²) in [6, 6.07) is 0. The van der Waals surface area contributed by atoms with Crippen LogP contribution in [0, 0.1) is 0 Å². The van der Waals surface area contributed by atoms with Gasteiger partial charge in [-0.25, -0.2) is 0 Å². The lowest BCUT2D eigenvalue weighted by molar-refractivity contribution is -0.137. The lowest BCUT2D eigenvalue weighted by atomic mass is 10.2. The average molecular weight is 180 g/mol. The molecule has 4 nitrogen and oxygen atoms in total. The molecule has 0 aromatic carbocycles. The van der Waals surface area contributed by atoms with E-state index < -0.39 is 5.97 Å². The molecule has 0 spiro atoms. The zero-order chi connectivity index (χ0) is 9.11. The molecule has 0 aliphatic heterocycles. The Hall–Kier alpha value is -0.610. The molecule has 0 saturated carbocycles.